The van der Waals surface area contributed by atoms with E-state index < -0.39 is 23.6 Å². The Bertz CT molecular complexity index is 2030. The lowest BCUT2D eigenvalue weighted by Crippen LogP contribution is -2.21. The van der Waals surface area contributed by atoms with E-state index in [0.29, 0.717) is 48.3 Å². The van der Waals surface area contributed by atoms with Crippen LogP contribution in [0.3, 0.4) is 0 Å². The van der Waals surface area contributed by atoms with Crippen molar-refractivity contribution in [2.75, 3.05) is 32.1 Å². The molecule has 0 bridgehead atoms. The molecule has 3 aromatic carbocycles. The molecule has 1 amide bonds. The number of nitrogens with one attached hydrogen (secondary N) is 2. The summed E-state index contributed by atoms with van der Waals surface area (Å²) in [6, 6.07) is 18.4. The summed E-state index contributed by atoms with van der Waals surface area (Å²) in [7, 11) is 1.37. The fourth-order valence-corrected chi connectivity index (χ4v) is 6.30. The quantitative estimate of drug-likeness (QED) is 0.0805. The zero-order valence-corrected chi connectivity index (χ0v) is 29.3. The Morgan fingerprint density at radius 3 is 2.51 bits per heavy atom. The molecule has 0 unspecified atom stereocenters. The van der Waals surface area contributed by atoms with Gasteiger partial charge < -0.3 is 25.6 Å². The number of hydrogen-bond donors (Lipinski definition) is 4. The first-order valence-electron chi connectivity index (χ1n) is 17.1. The normalized spacial score (nSPS) is 14.7. The van der Waals surface area contributed by atoms with Crippen LogP contribution in [0.5, 0.6) is 5.75 Å². The highest BCUT2D eigenvalue weighted by atomic mass is 19.4. The van der Waals surface area contributed by atoms with Gasteiger partial charge in [-0.25, -0.2) is 0 Å². The molecule has 53 heavy (non-hydrogen) atoms. The number of nitrogens with zero attached hydrogens (tertiary/aromatic N) is 3. The van der Waals surface area contributed by atoms with Crippen molar-refractivity contribution in [3.8, 4) is 22.9 Å². The van der Waals surface area contributed by atoms with Crippen LogP contribution in [0.4, 0.5) is 18.9 Å². The van der Waals surface area contributed by atoms with E-state index >= 15 is 0 Å². The third-order valence-electron chi connectivity index (χ3n) is 9.06. The zero-order valence-electron chi connectivity index (χ0n) is 29.3. The molecular weight excluding hydrogens is 687 g/mol. The maximum Gasteiger partial charge on any atom is 0.417 e. The lowest BCUT2D eigenvalue weighted by atomic mass is 9.92. The van der Waals surface area contributed by atoms with Gasteiger partial charge in [0, 0.05) is 49.9 Å². The third-order valence-corrected chi connectivity index (χ3v) is 9.06. The molecule has 5 rings (SSSR count). The molecule has 0 spiro atoms. The summed E-state index contributed by atoms with van der Waals surface area (Å²) in [5.74, 6) is -1.19. The number of carboxylic acids is 1. The van der Waals surface area contributed by atoms with Crippen molar-refractivity contribution in [2.45, 2.75) is 51.6 Å². The molecule has 0 saturated carbocycles. The first-order valence-corrected chi connectivity index (χ1v) is 17.1. The monoisotopic (exact) mass is 727 g/mol. The van der Waals surface area contributed by atoms with Crippen molar-refractivity contribution in [1.82, 2.24) is 15.2 Å². The van der Waals surface area contributed by atoms with Gasteiger partial charge in [0.05, 0.1) is 30.0 Å². The van der Waals surface area contributed by atoms with Gasteiger partial charge in [-0.3, -0.25) is 19.5 Å². The van der Waals surface area contributed by atoms with Crippen LogP contribution in [-0.2, 0) is 24.1 Å². The zero-order chi connectivity index (χ0) is 38.1. The van der Waals surface area contributed by atoms with E-state index in [1.54, 1.807) is 61.7 Å². The molecule has 1 atom stereocenters. The van der Waals surface area contributed by atoms with Crippen LogP contribution in [-0.4, -0.2) is 64.8 Å². The fourth-order valence-electron chi connectivity index (χ4n) is 6.30. The number of aliphatic hydroxyl groups is 1. The highest BCUT2D eigenvalue weighted by molar-refractivity contribution is 6.04. The van der Waals surface area contributed by atoms with Crippen molar-refractivity contribution < 1.29 is 37.7 Å². The Labute approximate surface area is 305 Å². The number of β-amino-alcohol motifs (C(OH)–C–C–N with tert-alkyl or cyclic N) is 1. The van der Waals surface area contributed by atoms with Crippen LogP contribution in [0.25, 0.3) is 23.3 Å². The van der Waals surface area contributed by atoms with Gasteiger partial charge in [0.15, 0.2) is 0 Å². The summed E-state index contributed by atoms with van der Waals surface area (Å²) < 4.78 is 48.2. The number of ether oxygens (including phenoxy) is 1. The van der Waals surface area contributed by atoms with E-state index in [0.717, 1.165) is 24.6 Å². The molecule has 10 nitrogen and oxygen atoms in total. The number of nitriles is 1. The Hall–Kier alpha value is -5.55. The van der Waals surface area contributed by atoms with Gasteiger partial charge in [-0.05, 0) is 78.4 Å². The largest absolute Gasteiger partial charge is 0.496 e. The number of likely N-dealkylation sites (tertiary alicyclic amines) is 1. The minimum atomic E-state index is -4.66. The lowest BCUT2D eigenvalue weighted by molar-refractivity contribution is -0.138. The number of amides is 1. The van der Waals surface area contributed by atoms with Crippen LogP contribution >= 0.6 is 0 Å². The van der Waals surface area contributed by atoms with Crippen LogP contribution in [0.2, 0.25) is 0 Å². The second-order valence-corrected chi connectivity index (χ2v) is 12.8. The molecule has 1 aliphatic rings. The minimum absolute atomic E-state index is 0.0532. The summed E-state index contributed by atoms with van der Waals surface area (Å²) in [6.07, 6.45) is 0.571. The number of hydrogen-bond acceptors (Lipinski definition) is 8. The maximum absolute atomic E-state index is 14.3. The summed E-state index contributed by atoms with van der Waals surface area (Å²) in [6.45, 7) is 4.17. The number of aliphatic hydroxyl groups excluding tert-OH is 1. The van der Waals surface area contributed by atoms with E-state index in [4.69, 9.17) is 9.84 Å². The smallest absolute Gasteiger partial charge is 0.417 e. The topological polar surface area (TPSA) is 148 Å². The SMILES string of the molecule is COc1cc(/C=C/c2cccc(-c3cccc(NC(=O)c4ccc(CN5CC[C@@H](O)C5)cn4)c3C#N)c2C)c(C(F)(F)F)cc1CNCCCC(=O)O. The van der Waals surface area contributed by atoms with E-state index in [1.807, 2.05) is 6.07 Å². The highest BCUT2D eigenvalue weighted by Crippen LogP contribution is 2.38. The first kappa shape index (κ1) is 38.7. The number of carbonyl (C=O) groups excluding carboxylic acids is 1. The maximum atomic E-state index is 14.3. The van der Waals surface area contributed by atoms with Crippen LogP contribution in [0.1, 0.15) is 68.7 Å². The number of carboxylic acid groups (broad SMARTS) is 1. The Morgan fingerprint density at radius 1 is 1.09 bits per heavy atom. The van der Waals surface area contributed by atoms with Crippen molar-refractivity contribution in [1.29, 1.82) is 5.26 Å². The summed E-state index contributed by atoms with van der Waals surface area (Å²) in [5.41, 5.74) is 3.42. The fraction of sp³-hybridized carbons (Fsp3) is 0.300. The average molecular weight is 728 g/mol. The second kappa shape index (κ2) is 17.3. The number of benzene rings is 3. The van der Waals surface area contributed by atoms with Gasteiger partial charge in [0.2, 0.25) is 0 Å². The predicted octanol–water partition coefficient (Wildman–Crippen LogP) is 6.90. The number of methoxy groups -OCH3 is 1. The van der Waals surface area contributed by atoms with E-state index in [1.165, 1.54) is 19.3 Å². The molecule has 1 saturated heterocycles. The Morgan fingerprint density at radius 2 is 1.85 bits per heavy atom. The number of pyridine rings is 1. The number of aromatic nitrogens is 1. The summed E-state index contributed by atoms with van der Waals surface area (Å²) >= 11 is 0. The minimum Gasteiger partial charge on any atom is -0.496 e. The second-order valence-electron chi connectivity index (χ2n) is 12.8. The Balaban J connectivity index is 1.37. The van der Waals surface area contributed by atoms with Gasteiger partial charge in [-0.2, -0.15) is 18.4 Å². The van der Waals surface area contributed by atoms with Gasteiger partial charge in [-0.15, -0.1) is 0 Å². The summed E-state index contributed by atoms with van der Waals surface area (Å²) in [4.78, 5) is 30.4. The number of alkyl halides is 3. The molecule has 276 valence electrons. The molecule has 4 N–H and O–H groups in total. The third kappa shape index (κ3) is 9.87. The van der Waals surface area contributed by atoms with E-state index in [9.17, 15) is 33.1 Å². The van der Waals surface area contributed by atoms with Gasteiger partial charge >= 0.3 is 12.1 Å². The molecule has 0 aliphatic carbocycles. The van der Waals surface area contributed by atoms with E-state index in [2.05, 4.69) is 26.6 Å². The predicted molar refractivity (Wildman–Crippen MR) is 195 cm³/mol. The number of halogens is 3. The average Bonchev–Trinajstić information content (AvgIpc) is 3.54. The first-order chi connectivity index (χ1) is 25.4. The van der Waals surface area contributed by atoms with Crippen LogP contribution < -0.4 is 15.4 Å². The molecule has 13 heteroatoms. The molecular formula is C40H40F3N5O5. The number of carbonyl (C=O) groups is 2. The highest BCUT2D eigenvalue weighted by Gasteiger charge is 2.34. The molecule has 4 aromatic rings. The standard InChI is InChI=1S/C40H40F3N5O5/c1-25-27(12-13-28-19-37(53-2)29(18-34(28)40(41,42)43)22-45-16-5-10-38(50)51)6-3-7-31(25)32-8-4-9-35(33(32)20-44)47-39(52)36-14-11-26(21-46-36)23-48-17-15-30(49)24-48/h3-4,6-9,11-14,18-19,21,30,45,49H,5,10,15-17,22-24H2,1-2H3,(H,47,52)(H,50,51)/b13-12+/t30-/m1/s1. The number of anilines is 1. The molecule has 1 fully saturated rings. The number of aliphatic carboxylic acids is 1. The van der Waals surface area contributed by atoms with Crippen LogP contribution in [0, 0.1) is 18.3 Å². The lowest BCUT2D eigenvalue weighted by Gasteiger charge is -2.17. The Kier molecular flexibility index (Phi) is 12.6. The molecule has 1 aliphatic heterocycles. The van der Waals surface area contributed by atoms with Gasteiger partial charge in [-0.1, -0.05) is 48.6 Å². The van der Waals surface area contributed by atoms with E-state index in [-0.39, 0.29) is 52.9 Å². The molecule has 2 heterocycles. The van der Waals surface area contributed by atoms with Crippen molar-refractivity contribution in [2.24, 2.45) is 0 Å². The number of rotatable bonds is 14. The molecule has 0 radical (unpaired) electrons. The van der Waals surface area contributed by atoms with Crippen molar-refractivity contribution in [3.63, 3.8) is 0 Å². The van der Waals surface area contributed by atoms with Crippen molar-refractivity contribution in [3.05, 3.63) is 111 Å². The summed E-state index contributed by atoms with van der Waals surface area (Å²) in [5, 5.41) is 34.6. The van der Waals surface area contributed by atoms with Crippen LogP contribution in [0.15, 0.2) is 66.9 Å². The van der Waals surface area contributed by atoms with Gasteiger partial charge in [0.25, 0.3) is 5.91 Å². The molecule has 1 aromatic heterocycles. The van der Waals surface area contributed by atoms with Gasteiger partial charge in [0.1, 0.15) is 17.5 Å². The van der Waals surface area contributed by atoms with Crippen molar-refractivity contribution >= 4 is 29.7 Å².